The third-order valence-electron chi connectivity index (χ3n) is 4.61. The number of halogens is 1. The highest BCUT2D eigenvalue weighted by Crippen LogP contribution is 2.38. The second-order valence-corrected chi connectivity index (χ2v) is 6.12. The van der Waals surface area contributed by atoms with E-state index in [9.17, 15) is 0 Å². The van der Waals surface area contributed by atoms with E-state index in [2.05, 4.69) is 20.2 Å². The number of nitrogens with one attached hydrogen (secondary N) is 1. The number of nitrogens with zero attached hydrogens (tertiary/aromatic N) is 3. The molecular weight excluding hydrogens is 395 g/mol. The van der Waals surface area contributed by atoms with Crippen LogP contribution in [0.5, 0.6) is 0 Å². The van der Waals surface area contributed by atoms with Crippen molar-refractivity contribution < 1.29 is 9.15 Å². The molecule has 2 aliphatic rings. The molecule has 0 radical (unpaired) electrons. The van der Waals surface area contributed by atoms with Crippen LogP contribution in [0, 0.1) is 19.3 Å². The molecule has 1 atom stereocenters. The lowest BCUT2D eigenvalue weighted by Gasteiger charge is -2.24. The Hall–Kier alpha value is -0.830. The van der Waals surface area contributed by atoms with Gasteiger partial charge < -0.3 is 19.4 Å². The van der Waals surface area contributed by atoms with Crippen molar-refractivity contribution in [2.75, 3.05) is 33.4 Å². The molecule has 3 rings (SSSR count). The van der Waals surface area contributed by atoms with E-state index in [0.29, 0.717) is 17.9 Å². The second kappa shape index (κ2) is 7.16. The maximum atomic E-state index is 5.60. The minimum atomic E-state index is 0. The fourth-order valence-electron chi connectivity index (χ4n) is 3.19. The highest BCUT2D eigenvalue weighted by molar-refractivity contribution is 14.0. The van der Waals surface area contributed by atoms with E-state index in [4.69, 9.17) is 9.15 Å². The smallest absolute Gasteiger partial charge is 0.214 e. The Morgan fingerprint density at radius 2 is 2.23 bits per heavy atom. The van der Waals surface area contributed by atoms with Crippen LogP contribution < -0.4 is 5.32 Å². The molecule has 1 N–H and O–H groups in total. The summed E-state index contributed by atoms with van der Waals surface area (Å²) >= 11 is 0. The zero-order valence-corrected chi connectivity index (χ0v) is 15.8. The molecule has 2 saturated heterocycles. The fraction of sp³-hybridized carbons (Fsp3) is 0.733. The quantitative estimate of drug-likeness (QED) is 0.451. The maximum Gasteiger partial charge on any atom is 0.214 e. The second-order valence-electron chi connectivity index (χ2n) is 6.12. The zero-order chi connectivity index (χ0) is 14.9. The summed E-state index contributed by atoms with van der Waals surface area (Å²) in [4.78, 5) is 11.1. The van der Waals surface area contributed by atoms with Crippen molar-refractivity contribution >= 4 is 29.9 Å². The number of hydrogen-bond acceptors (Lipinski definition) is 4. The molecular formula is C15H25IN4O2. The normalized spacial score (nSPS) is 24.9. The molecule has 0 bridgehead atoms. The molecule has 0 saturated carbocycles. The lowest BCUT2D eigenvalue weighted by molar-refractivity contribution is 0.156. The van der Waals surface area contributed by atoms with E-state index in [-0.39, 0.29) is 24.0 Å². The van der Waals surface area contributed by atoms with Crippen molar-refractivity contribution in [2.24, 2.45) is 10.4 Å². The van der Waals surface area contributed by atoms with Gasteiger partial charge in [0, 0.05) is 32.2 Å². The van der Waals surface area contributed by atoms with Crippen LogP contribution in [-0.2, 0) is 11.3 Å². The van der Waals surface area contributed by atoms with Crippen molar-refractivity contribution in [2.45, 2.75) is 33.2 Å². The third kappa shape index (κ3) is 3.56. The summed E-state index contributed by atoms with van der Waals surface area (Å²) in [7, 11) is 1.82. The minimum absolute atomic E-state index is 0. The number of guanidine groups is 1. The number of oxazole rings is 1. The molecule has 1 spiro atoms. The summed E-state index contributed by atoms with van der Waals surface area (Å²) in [5.41, 5.74) is 1.29. The van der Waals surface area contributed by atoms with Crippen LogP contribution in [0.1, 0.15) is 30.2 Å². The Kier molecular flexibility index (Phi) is 5.70. The van der Waals surface area contributed by atoms with Gasteiger partial charge in [-0.15, -0.1) is 24.0 Å². The monoisotopic (exact) mass is 420 g/mol. The molecule has 0 amide bonds. The first-order valence-electron chi connectivity index (χ1n) is 7.58. The van der Waals surface area contributed by atoms with Gasteiger partial charge in [-0.05, 0) is 26.7 Å². The van der Waals surface area contributed by atoms with Crippen LogP contribution in [-0.4, -0.2) is 49.2 Å². The summed E-state index contributed by atoms with van der Waals surface area (Å²) in [6.07, 6.45) is 2.35. The van der Waals surface area contributed by atoms with E-state index in [1.54, 1.807) is 0 Å². The van der Waals surface area contributed by atoms with Crippen LogP contribution in [0.3, 0.4) is 0 Å². The number of ether oxygens (including phenoxy) is 1. The lowest BCUT2D eigenvalue weighted by atomic mass is 9.87. The zero-order valence-electron chi connectivity index (χ0n) is 13.5. The molecule has 0 aliphatic carbocycles. The van der Waals surface area contributed by atoms with E-state index >= 15 is 0 Å². The van der Waals surface area contributed by atoms with E-state index in [0.717, 1.165) is 43.7 Å². The van der Waals surface area contributed by atoms with Gasteiger partial charge in [-0.2, -0.15) is 0 Å². The molecule has 1 aromatic heterocycles. The first kappa shape index (κ1) is 17.5. The fourth-order valence-corrected chi connectivity index (χ4v) is 3.19. The predicted molar refractivity (Wildman–Crippen MR) is 95.6 cm³/mol. The average molecular weight is 420 g/mol. The van der Waals surface area contributed by atoms with Gasteiger partial charge in [0.1, 0.15) is 5.76 Å². The Bertz CT molecular complexity index is 518. The van der Waals surface area contributed by atoms with Gasteiger partial charge in [0.2, 0.25) is 5.89 Å². The van der Waals surface area contributed by atoms with Gasteiger partial charge >= 0.3 is 0 Å². The maximum absolute atomic E-state index is 5.60. The SMILES string of the molecule is CN=C(NCc1nc(C)c(C)o1)N1CCC2(CCOC2)C1.I. The Balaban J connectivity index is 0.00000176. The summed E-state index contributed by atoms with van der Waals surface area (Å²) in [6, 6.07) is 0. The molecule has 1 aromatic rings. The minimum Gasteiger partial charge on any atom is -0.444 e. The van der Waals surface area contributed by atoms with Crippen molar-refractivity contribution in [3.8, 4) is 0 Å². The predicted octanol–water partition coefficient (Wildman–Crippen LogP) is 2.10. The van der Waals surface area contributed by atoms with Gasteiger partial charge in [-0.1, -0.05) is 0 Å². The number of hydrogen-bond donors (Lipinski definition) is 1. The van der Waals surface area contributed by atoms with E-state index in [1.807, 2.05) is 20.9 Å². The van der Waals surface area contributed by atoms with Crippen molar-refractivity contribution in [3.05, 3.63) is 17.3 Å². The van der Waals surface area contributed by atoms with E-state index in [1.165, 1.54) is 12.8 Å². The van der Waals surface area contributed by atoms with Crippen LogP contribution in [0.15, 0.2) is 9.41 Å². The van der Waals surface area contributed by atoms with Crippen LogP contribution in [0.2, 0.25) is 0 Å². The standard InChI is InChI=1S/C15H24N4O2.HI/c1-11-12(2)21-13(18-11)8-17-14(16-3)19-6-4-15(9-19)5-7-20-10-15;/h4-10H2,1-3H3,(H,16,17);1H. The highest BCUT2D eigenvalue weighted by Gasteiger charge is 2.42. The van der Waals surface area contributed by atoms with Crippen LogP contribution in [0.4, 0.5) is 0 Å². The first-order valence-corrected chi connectivity index (χ1v) is 7.58. The van der Waals surface area contributed by atoms with Gasteiger partial charge in [0.25, 0.3) is 0 Å². The number of rotatable bonds is 2. The molecule has 7 heteroatoms. The summed E-state index contributed by atoms with van der Waals surface area (Å²) in [5.74, 6) is 2.52. The van der Waals surface area contributed by atoms with Crippen LogP contribution >= 0.6 is 24.0 Å². The average Bonchev–Trinajstić information content (AvgIpc) is 3.16. The highest BCUT2D eigenvalue weighted by atomic mass is 127. The van der Waals surface area contributed by atoms with Gasteiger partial charge in [0.05, 0.1) is 18.8 Å². The van der Waals surface area contributed by atoms with Gasteiger partial charge in [0.15, 0.2) is 5.96 Å². The summed E-state index contributed by atoms with van der Waals surface area (Å²) < 4.78 is 11.2. The molecule has 1 unspecified atom stereocenters. The molecule has 6 nitrogen and oxygen atoms in total. The Labute approximate surface area is 148 Å². The number of likely N-dealkylation sites (tertiary alicyclic amines) is 1. The van der Waals surface area contributed by atoms with Gasteiger partial charge in [-0.25, -0.2) is 4.98 Å². The third-order valence-corrected chi connectivity index (χ3v) is 4.61. The Morgan fingerprint density at radius 3 is 2.82 bits per heavy atom. The summed E-state index contributed by atoms with van der Waals surface area (Å²) in [5, 5.41) is 3.35. The van der Waals surface area contributed by atoms with Crippen molar-refractivity contribution in [1.29, 1.82) is 0 Å². The molecule has 3 heterocycles. The number of aromatic nitrogens is 1. The molecule has 2 fully saturated rings. The first-order chi connectivity index (χ1) is 10.1. The molecule has 2 aliphatic heterocycles. The largest absolute Gasteiger partial charge is 0.444 e. The van der Waals surface area contributed by atoms with Crippen molar-refractivity contribution in [1.82, 2.24) is 15.2 Å². The molecule has 0 aromatic carbocycles. The molecule has 22 heavy (non-hydrogen) atoms. The summed E-state index contributed by atoms with van der Waals surface area (Å²) in [6.45, 7) is 8.31. The van der Waals surface area contributed by atoms with Crippen molar-refractivity contribution in [3.63, 3.8) is 0 Å². The topological polar surface area (TPSA) is 62.9 Å². The number of aliphatic imine (C=N–C) groups is 1. The number of aryl methyl sites for hydroxylation is 2. The Morgan fingerprint density at radius 1 is 1.41 bits per heavy atom. The van der Waals surface area contributed by atoms with Crippen LogP contribution in [0.25, 0.3) is 0 Å². The molecule has 124 valence electrons. The van der Waals surface area contributed by atoms with Gasteiger partial charge in [-0.3, -0.25) is 4.99 Å². The van der Waals surface area contributed by atoms with E-state index < -0.39 is 0 Å². The lowest BCUT2D eigenvalue weighted by Crippen LogP contribution is -2.41.